The number of sulfonamides is 1. The second kappa shape index (κ2) is 13.4. The van der Waals surface area contributed by atoms with E-state index in [1.54, 1.807) is 31.2 Å². The first-order valence-electron chi connectivity index (χ1n) is 14.3. The van der Waals surface area contributed by atoms with Gasteiger partial charge in [0.05, 0.1) is 19.6 Å². The minimum Gasteiger partial charge on any atom is -0.488 e. The van der Waals surface area contributed by atoms with Gasteiger partial charge in [-0.3, -0.25) is 4.79 Å². The molecule has 0 spiro atoms. The number of benzene rings is 3. The van der Waals surface area contributed by atoms with Crippen LogP contribution in [-0.2, 0) is 32.5 Å². The Morgan fingerprint density at radius 3 is 2.55 bits per heavy atom. The maximum Gasteiger partial charge on any atom is 0.306 e. The van der Waals surface area contributed by atoms with Gasteiger partial charge in [0.2, 0.25) is 10.0 Å². The zero-order chi connectivity index (χ0) is 30.6. The zero-order valence-electron chi connectivity index (χ0n) is 25.3. The van der Waals surface area contributed by atoms with E-state index in [0.29, 0.717) is 24.3 Å². The number of hydrogen-bond donors (Lipinski definition) is 0. The van der Waals surface area contributed by atoms with E-state index in [4.69, 9.17) is 9.47 Å². The number of fused-ring (bicyclic) bond motifs is 1. The van der Waals surface area contributed by atoms with Crippen LogP contribution in [0.25, 0.3) is 0 Å². The maximum atomic E-state index is 15.0. The predicted octanol–water partition coefficient (Wildman–Crippen LogP) is 5.60. The molecule has 42 heavy (non-hydrogen) atoms. The van der Waals surface area contributed by atoms with Gasteiger partial charge >= 0.3 is 5.97 Å². The molecule has 0 fully saturated rings. The Bertz CT molecular complexity index is 1540. The minimum absolute atomic E-state index is 0.0796. The van der Waals surface area contributed by atoms with Crippen LogP contribution in [0, 0.1) is 19.7 Å². The lowest BCUT2D eigenvalue weighted by Gasteiger charge is -2.25. The lowest BCUT2D eigenvalue weighted by atomic mass is 9.83. The van der Waals surface area contributed by atoms with Gasteiger partial charge in [-0.1, -0.05) is 36.4 Å². The monoisotopic (exact) mass is 596 g/mol. The summed E-state index contributed by atoms with van der Waals surface area (Å²) in [5.41, 5.74) is 4.78. The van der Waals surface area contributed by atoms with Gasteiger partial charge in [-0.05, 0) is 99.8 Å². The molecular formula is C33H41FN2O5S. The lowest BCUT2D eigenvalue weighted by molar-refractivity contribution is -0.143. The first kappa shape index (κ1) is 31.7. The Balaban J connectivity index is 1.76. The van der Waals surface area contributed by atoms with Crippen LogP contribution in [0.3, 0.4) is 0 Å². The summed E-state index contributed by atoms with van der Waals surface area (Å²) in [6.45, 7) is 8.70. The zero-order valence-corrected chi connectivity index (χ0v) is 26.1. The Morgan fingerprint density at radius 2 is 1.83 bits per heavy atom. The first-order valence-corrected chi connectivity index (χ1v) is 15.8. The molecule has 1 aliphatic heterocycles. The van der Waals surface area contributed by atoms with E-state index in [0.717, 1.165) is 27.8 Å². The van der Waals surface area contributed by atoms with Crippen molar-refractivity contribution in [1.82, 2.24) is 9.21 Å². The summed E-state index contributed by atoms with van der Waals surface area (Å²) in [6, 6.07) is 16.0. The van der Waals surface area contributed by atoms with E-state index in [9.17, 15) is 17.6 Å². The van der Waals surface area contributed by atoms with Gasteiger partial charge in [-0.25, -0.2) is 12.8 Å². The van der Waals surface area contributed by atoms with Crippen LogP contribution in [0.1, 0.15) is 59.6 Å². The molecule has 0 amide bonds. The second-order valence-electron chi connectivity index (χ2n) is 11.3. The SMILES string of the molecule is CCOC(=O)CC(c1ccc(C)c(CN2CC(C)Oc3ccccc3S2(=O)=O)c1)c1cc(CCN(C)C)c(F)cc1C. The molecule has 0 N–H and O–H groups in total. The predicted molar refractivity (Wildman–Crippen MR) is 162 cm³/mol. The number of likely N-dealkylation sites (N-methyl/N-ethyl adjacent to an activating group) is 1. The highest BCUT2D eigenvalue weighted by atomic mass is 32.2. The fraction of sp³-hybridized carbons (Fsp3) is 0.424. The maximum absolute atomic E-state index is 15.0. The highest BCUT2D eigenvalue weighted by Gasteiger charge is 2.33. The molecule has 0 aromatic heterocycles. The van der Waals surface area contributed by atoms with Crippen LogP contribution in [0.2, 0.25) is 0 Å². The smallest absolute Gasteiger partial charge is 0.306 e. The van der Waals surface area contributed by atoms with Crippen molar-refractivity contribution in [2.45, 2.75) is 64.0 Å². The molecule has 0 saturated heterocycles. The number of hydrogen-bond acceptors (Lipinski definition) is 6. The third-order valence-electron chi connectivity index (χ3n) is 7.69. The number of esters is 1. The fourth-order valence-corrected chi connectivity index (χ4v) is 7.01. The summed E-state index contributed by atoms with van der Waals surface area (Å²) < 4.78 is 55.1. The minimum atomic E-state index is -3.82. The van der Waals surface area contributed by atoms with Gasteiger partial charge in [0.15, 0.2) is 0 Å². The molecule has 1 heterocycles. The van der Waals surface area contributed by atoms with Crippen LogP contribution < -0.4 is 4.74 Å². The normalized spacial score (nSPS) is 17.3. The highest BCUT2D eigenvalue weighted by Crippen LogP contribution is 2.36. The molecule has 9 heteroatoms. The van der Waals surface area contributed by atoms with Crippen LogP contribution in [0.15, 0.2) is 59.5 Å². The van der Waals surface area contributed by atoms with Gasteiger partial charge in [-0.2, -0.15) is 4.31 Å². The molecule has 2 atom stereocenters. The van der Waals surface area contributed by atoms with Crippen LogP contribution >= 0.6 is 0 Å². The van der Waals surface area contributed by atoms with Gasteiger partial charge in [0.1, 0.15) is 22.6 Å². The molecule has 3 aromatic carbocycles. The summed E-state index contributed by atoms with van der Waals surface area (Å²) in [5.74, 6) is -0.656. The number of carbonyl (C=O) groups is 1. The van der Waals surface area contributed by atoms with Crippen molar-refractivity contribution in [2.24, 2.45) is 0 Å². The van der Waals surface area contributed by atoms with E-state index in [1.807, 2.05) is 64.0 Å². The van der Waals surface area contributed by atoms with E-state index in [1.165, 1.54) is 10.4 Å². The number of ether oxygens (including phenoxy) is 2. The van der Waals surface area contributed by atoms with Crippen molar-refractivity contribution in [3.05, 3.63) is 93.8 Å². The Kier molecular flexibility index (Phi) is 10.1. The van der Waals surface area contributed by atoms with Crippen molar-refractivity contribution in [1.29, 1.82) is 0 Å². The third kappa shape index (κ3) is 7.19. The molecule has 0 radical (unpaired) electrons. The largest absolute Gasteiger partial charge is 0.488 e. The fourth-order valence-electron chi connectivity index (χ4n) is 5.40. The van der Waals surface area contributed by atoms with Crippen molar-refractivity contribution in [2.75, 3.05) is 33.8 Å². The quantitative estimate of drug-likeness (QED) is 0.284. The standard InChI is InChI=1S/C33H41FN2O5S/c1-7-40-33(37)19-29(28-18-26(14-15-35(5)6)30(34)16-23(28)3)25-13-12-22(2)27(17-25)21-36-20-24(4)41-31-10-8-9-11-32(31)42(36,38)39/h8-13,16-18,24,29H,7,14-15,19-21H2,1-6H3. The molecule has 4 rings (SSSR count). The van der Waals surface area contributed by atoms with Crippen molar-refractivity contribution >= 4 is 16.0 Å². The Labute approximate surface area is 249 Å². The number of aryl methyl sites for hydroxylation is 2. The molecule has 1 aliphatic rings. The van der Waals surface area contributed by atoms with Gasteiger partial charge < -0.3 is 14.4 Å². The summed E-state index contributed by atoms with van der Waals surface area (Å²) in [6.07, 6.45) is 0.271. The van der Waals surface area contributed by atoms with Crippen molar-refractivity contribution < 1.29 is 27.1 Å². The van der Waals surface area contributed by atoms with Crippen LogP contribution in [0.5, 0.6) is 5.75 Å². The van der Waals surface area contributed by atoms with Gasteiger partial charge in [-0.15, -0.1) is 0 Å². The molecular weight excluding hydrogens is 555 g/mol. The number of halogens is 1. The van der Waals surface area contributed by atoms with E-state index < -0.39 is 15.9 Å². The highest BCUT2D eigenvalue weighted by molar-refractivity contribution is 7.89. The summed E-state index contributed by atoms with van der Waals surface area (Å²) >= 11 is 0. The molecule has 0 bridgehead atoms. The summed E-state index contributed by atoms with van der Waals surface area (Å²) in [5, 5.41) is 0. The third-order valence-corrected chi connectivity index (χ3v) is 9.54. The van der Waals surface area contributed by atoms with E-state index in [2.05, 4.69) is 0 Å². The molecule has 226 valence electrons. The average molecular weight is 597 g/mol. The topological polar surface area (TPSA) is 76.1 Å². The number of para-hydroxylation sites is 1. The average Bonchev–Trinajstić information content (AvgIpc) is 3.01. The number of rotatable bonds is 10. The molecule has 7 nitrogen and oxygen atoms in total. The molecule has 3 aromatic rings. The molecule has 2 unspecified atom stereocenters. The van der Waals surface area contributed by atoms with Crippen molar-refractivity contribution in [3.8, 4) is 5.75 Å². The molecule has 0 aliphatic carbocycles. The summed E-state index contributed by atoms with van der Waals surface area (Å²) in [4.78, 5) is 15.0. The van der Waals surface area contributed by atoms with Gasteiger partial charge in [0.25, 0.3) is 0 Å². The number of nitrogens with zero attached hydrogens (tertiary/aromatic N) is 2. The van der Waals surface area contributed by atoms with Crippen molar-refractivity contribution in [3.63, 3.8) is 0 Å². The second-order valence-corrected chi connectivity index (χ2v) is 13.2. The van der Waals surface area contributed by atoms with Gasteiger partial charge in [0, 0.05) is 19.0 Å². The Morgan fingerprint density at radius 1 is 1.10 bits per heavy atom. The van der Waals surface area contributed by atoms with E-state index in [-0.39, 0.29) is 48.9 Å². The first-order chi connectivity index (χ1) is 19.9. The number of carbonyl (C=O) groups excluding carboxylic acids is 1. The lowest BCUT2D eigenvalue weighted by Crippen LogP contribution is -2.35. The van der Waals surface area contributed by atoms with E-state index >= 15 is 0 Å². The van der Waals surface area contributed by atoms with Crippen LogP contribution in [-0.4, -0.2) is 63.5 Å². The molecule has 0 saturated carbocycles. The van der Waals surface area contributed by atoms with Crippen LogP contribution in [0.4, 0.5) is 4.39 Å². The summed E-state index contributed by atoms with van der Waals surface area (Å²) in [7, 11) is 0.0689. The Hall–Kier alpha value is -3.27.